The largest absolute Gasteiger partial charge is 0.508 e. The number of amides is 1. The van der Waals surface area contributed by atoms with E-state index in [0.717, 1.165) is 44.6 Å². The molecule has 1 heterocycles. The second kappa shape index (κ2) is 10.5. The zero-order chi connectivity index (χ0) is 24.1. The molecule has 3 N–H and O–H groups in total. The molecule has 0 atom stereocenters. The molecule has 5 nitrogen and oxygen atoms in total. The van der Waals surface area contributed by atoms with Gasteiger partial charge in [0.15, 0.2) is 0 Å². The highest BCUT2D eigenvalue weighted by atomic mass is 32.1. The lowest BCUT2D eigenvalue weighted by molar-refractivity contribution is -0.123. The minimum Gasteiger partial charge on any atom is -0.508 e. The third-order valence-electron chi connectivity index (χ3n) is 5.60. The average molecular weight is 473 g/mol. The number of carbonyl (C=O) groups is 1. The van der Waals surface area contributed by atoms with E-state index in [1.165, 1.54) is 5.56 Å². The summed E-state index contributed by atoms with van der Waals surface area (Å²) in [4.78, 5) is 14.2. The predicted molar refractivity (Wildman–Crippen MR) is 140 cm³/mol. The van der Waals surface area contributed by atoms with Crippen molar-refractivity contribution in [2.24, 2.45) is 0 Å². The van der Waals surface area contributed by atoms with Gasteiger partial charge in [0.25, 0.3) is 0 Å². The van der Waals surface area contributed by atoms with Crippen LogP contribution in [0.15, 0.2) is 78.9 Å². The van der Waals surface area contributed by atoms with Crippen molar-refractivity contribution in [3.63, 3.8) is 0 Å². The lowest BCUT2D eigenvalue weighted by atomic mass is 9.97. The Morgan fingerprint density at radius 3 is 2.32 bits per heavy atom. The number of benzene rings is 3. The van der Waals surface area contributed by atoms with E-state index in [1.807, 2.05) is 24.3 Å². The van der Waals surface area contributed by atoms with Crippen LogP contribution in [-0.4, -0.2) is 48.2 Å². The van der Waals surface area contributed by atoms with Crippen LogP contribution in [0.2, 0.25) is 0 Å². The van der Waals surface area contributed by atoms with E-state index in [4.69, 9.17) is 0 Å². The van der Waals surface area contributed by atoms with Crippen LogP contribution in [-0.2, 0) is 11.2 Å². The van der Waals surface area contributed by atoms with Crippen LogP contribution in [0.25, 0.3) is 31.7 Å². The van der Waals surface area contributed by atoms with Crippen LogP contribution in [0.3, 0.4) is 0 Å². The maximum absolute atomic E-state index is 11.5. The number of aromatic hydroxyl groups is 2. The summed E-state index contributed by atoms with van der Waals surface area (Å²) in [6.45, 7) is 1.47. The summed E-state index contributed by atoms with van der Waals surface area (Å²) in [5, 5.41) is 24.1. The molecule has 174 valence electrons. The van der Waals surface area contributed by atoms with E-state index < -0.39 is 0 Å². The van der Waals surface area contributed by atoms with Crippen LogP contribution in [0.1, 0.15) is 5.56 Å². The van der Waals surface area contributed by atoms with Crippen LogP contribution in [0, 0.1) is 0 Å². The number of rotatable bonds is 8. The van der Waals surface area contributed by atoms with Crippen molar-refractivity contribution in [1.82, 2.24) is 10.2 Å². The summed E-state index contributed by atoms with van der Waals surface area (Å²) in [6, 6.07) is 21.3. The van der Waals surface area contributed by atoms with Gasteiger partial charge >= 0.3 is 0 Å². The Bertz CT molecular complexity index is 1310. The maximum Gasteiger partial charge on any atom is 0.245 e. The fourth-order valence-corrected chi connectivity index (χ4v) is 5.02. The van der Waals surface area contributed by atoms with E-state index >= 15 is 0 Å². The third-order valence-corrected chi connectivity index (χ3v) is 6.80. The summed E-state index contributed by atoms with van der Waals surface area (Å²) in [5.74, 6) is 0.475. The third kappa shape index (κ3) is 5.47. The van der Waals surface area contributed by atoms with Crippen molar-refractivity contribution in [3.8, 4) is 33.1 Å². The SMILES string of the molecule is CN(C)C(=O)/C=C/CNCCc1ccc(-c2c(-c3ccc(O)cc3)sc3cc(O)ccc23)cc1. The fraction of sp³-hybridized carbons (Fsp3) is 0.179. The van der Waals surface area contributed by atoms with Gasteiger partial charge in [0.1, 0.15) is 11.5 Å². The Labute approximate surface area is 203 Å². The molecular formula is C28H28N2O3S. The number of nitrogens with zero attached hydrogens (tertiary/aromatic N) is 1. The number of nitrogens with one attached hydrogen (secondary N) is 1. The number of phenols is 2. The molecule has 4 aromatic rings. The first-order valence-corrected chi connectivity index (χ1v) is 12.0. The monoisotopic (exact) mass is 472 g/mol. The number of fused-ring (bicyclic) bond motifs is 1. The highest BCUT2D eigenvalue weighted by molar-refractivity contribution is 7.23. The summed E-state index contributed by atoms with van der Waals surface area (Å²) < 4.78 is 1.02. The van der Waals surface area contributed by atoms with E-state index in [1.54, 1.807) is 60.7 Å². The Balaban J connectivity index is 1.51. The van der Waals surface area contributed by atoms with E-state index in [9.17, 15) is 15.0 Å². The van der Waals surface area contributed by atoms with Gasteiger partial charge in [-0.25, -0.2) is 0 Å². The lowest BCUT2D eigenvalue weighted by Gasteiger charge is -2.08. The first-order chi connectivity index (χ1) is 16.4. The number of hydrogen-bond donors (Lipinski definition) is 3. The summed E-state index contributed by atoms with van der Waals surface area (Å²) >= 11 is 1.64. The van der Waals surface area contributed by atoms with Gasteiger partial charge in [-0.15, -0.1) is 11.3 Å². The van der Waals surface area contributed by atoms with E-state index in [-0.39, 0.29) is 17.4 Å². The zero-order valence-corrected chi connectivity index (χ0v) is 20.1. The van der Waals surface area contributed by atoms with Crippen molar-refractivity contribution in [1.29, 1.82) is 0 Å². The minimum atomic E-state index is -0.0137. The van der Waals surface area contributed by atoms with E-state index in [0.29, 0.717) is 6.54 Å². The predicted octanol–water partition coefficient (Wildman–Crippen LogP) is 5.42. The smallest absolute Gasteiger partial charge is 0.245 e. The quantitative estimate of drug-likeness (QED) is 0.236. The van der Waals surface area contributed by atoms with Crippen molar-refractivity contribution in [2.75, 3.05) is 27.2 Å². The van der Waals surface area contributed by atoms with Gasteiger partial charge in [0, 0.05) is 47.2 Å². The van der Waals surface area contributed by atoms with Crippen LogP contribution in [0.4, 0.5) is 0 Å². The van der Waals surface area contributed by atoms with Crippen LogP contribution >= 0.6 is 11.3 Å². The van der Waals surface area contributed by atoms with Gasteiger partial charge in [-0.2, -0.15) is 0 Å². The number of phenolic OH excluding ortho intramolecular Hbond substituents is 2. The molecule has 0 aliphatic heterocycles. The second-order valence-electron chi connectivity index (χ2n) is 8.32. The molecule has 0 spiro atoms. The number of hydrogen-bond acceptors (Lipinski definition) is 5. The fourth-order valence-electron chi connectivity index (χ4n) is 3.75. The first-order valence-electron chi connectivity index (χ1n) is 11.1. The van der Waals surface area contributed by atoms with Crippen molar-refractivity contribution >= 4 is 27.3 Å². The Morgan fingerprint density at radius 1 is 0.941 bits per heavy atom. The molecule has 1 aromatic heterocycles. The van der Waals surface area contributed by atoms with Crippen LogP contribution < -0.4 is 5.32 Å². The Kier molecular flexibility index (Phi) is 7.30. The molecule has 3 aromatic carbocycles. The first kappa shape index (κ1) is 23.5. The molecule has 1 amide bonds. The van der Waals surface area contributed by atoms with Crippen molar-refractivity contribution < 1.29 is 15.0 Å². The standard InChI is InChI=1S/C28H28N2O3S/c1-30(2)26(33)4-3-16-29-17-15-19-5-7-20(8-6-19)27-24-14-13-23(32)18-25(24)34-28(27)21-9-11-22(31)12-10-21/h3-14,18,29,31-32H,15-17H2,1-2H3/b4-3+. The molecule has 0 fully saturated rings. The van der Waals surface area contributed by atoms with Gasteiger partial charge in [-0.1, -0.05) is 30.3 Å². The van der Waals surface area contributed by atoms with Crippen molar-refractivity contribution in [2.45, 2.75) is 6.42 Å². The Hall–Kier alpha value is -3.61. The molecule has 0 unspecified atom stereocenters. The average Bonchev–Trinajstić information content (AvgIpc) is 3.20. The van der Waals surface area contributed by atoms with E-state index in [2.05, 4.69) is 29.6 Å². The van der Waals surface area contributed by atoms with Crippen molar-refractivity contribution in [3.05, 3.63) is 84.4 Å². The number of thiophene rings is 1. The number of carbonyl (C=O) groups excluding carboxylic acids is 1. The molecule has 4 rings (SSSR count). The maximum atomic E-state index is 11.5. The summed E-state index contributed by atoms with van der Waals surface area (Å²) in [7, 11) is 3.47. The molecule has 0 aliphatic carbocycles. The molecule has 0 aliphatic rings. The molecule has 6 heteroatoms. The summed E-state index contributed by atoms with van der Waals surface area (Å²) in [5.41, 5.74) is 4.50. The van der Waals surface area contributed by atoms with Crippen LogP contribution in [0.5, 0.6) is 11.5 Å². The normalized spacial score (nSPS) is 11.4. The minimum absolute atomic E-state index is 0.0137. The topological polar surface area (TPSA) is 72.8 Å². The number of likely N-dealkylation sites (N-methyl/N-ethyl adjacent to an activating group) is 1. The highest BCUT2D eigenvalue weighted by Gasteiger charge is 2.16. The molecule has 0 saturated heterocycles. The van der Waals surface area contributed by atoms with Gasteiger partial charge in [0.05, 0.1) is 0 Å². The molecule has 34 heavy (non-hydrogen) atoms. The highest BCUT2D eigenvalue weighted by Crippen LogP contribution is 2.45. The molecule has 0 saturated carbocycles. The van der Waals surface area contributed by atoms with Gasteiger partial charge in [-0.05, 0) is 72.1 Å². The van der Waals surface area contributed by atoms with Gasteiger partial charge in [-0.3, -0.25) is 4.79 Å². The lowest BCUT2D eigenvalue weighted by Crippen LogP contribution is -2.20. The molecular weight excluding hydrogens is 444 g/mol. The second-order valence-corrected chi connectivity index (χ2v) is 9.37. The zero-order valence-electron chi connectivity index (χ0n) is 19.3. The molecule has 0 radical (unpaired) electrons. The Morgan fingerprint density at radius 2 is 1.62 bits per heavy atom. The molecule has 0 bridgehead atoms. The summed E-state index contributed by atoms with van der Waals surface area (Å²) in [6.07, 6.45) is 4.31. The van der Waals surface area contributed by atoms with Gasteiger partial charge in [0.2, 0.25) is 5.91 Å². The van der Waals surface area contributed by atoms with Gasteiger partial charge < -0.3 is 20.4 Å².